The van der Waals surface area contributed by atoms with Gasteiger partial charge in [0.1, 0.15) is 10.7 Å². The van der Waals surface area contributed by atoms with Crippen molar-refractivity contribution in [3.05, 3.63) is 52.9 Å². The van der Waals surface area contributed by atoms with Crippen LogP contribution in [0.2, 0.25) is 0 Å². The Kier molecular flexibility index (Phi) is 4.93. The molecule has 0 saturated heterocycles. The molecule has 0 spiro atoms. The van der Waals surface area contributed by atoms with Crippen molar-refractivity contribution < 1.29 is 22.0 Å². The summed E-state index contributed by atoms with van der Waals surface area (Å²) in [7, 11) is -4.65. The van der Waals surface area contributed by atoms with Crippen molar-refractivity contribution in [2.24, 2.45) is 0 Å². The molecular formula is C15H10F2N2O3S3. The SMILES string of the molecule is O=C(Nc1ccc(S(=O)(=O)C(F)F)cc1)c1csc(-c2cccs2)n1. The molecule has 0 saturated carbocycles. The van der Waals surface area contributed by atoms with Gasteiger partial charge < -0.3 is 5.32 Å². The van der Waals surface area contributed by atoms with E-state index >= 15 is 0 Å². The van der Waals surface area contributed by atoms with E-state index in [-0.39, 0.29) is 11.4 Å². The molecule has 0 aliphatic carbocycles. The lowest BCUT2D eigenvalue weighted by atomic mass is 10.3. The Labute approximate surface area is 149 Å². The molecule has 2 aromatic heterocycles. The minimum absolute atomic E-state index is 0.220. The summed E-state index contributed by atoms with van der Waals surface area (Å²) in [6, 6.07) is 8.33. The topological polar surface area (TPSA) is 76.1 Å². The molecule has 1 N–H and O–H groups in total. The van der Waals surface area contributed by atoms with Crippen molar-refractivity contribution in [1.29, 1.82) is 0 Å². The van der Waals surface area contributed by atoms with Crippen LogP contribution in [0, 0.1) is 0 Å². The standard InChI is InChI=1S/C15H10F2N2O3S3/c16-15(17)25(21,22)10-5-3-9(4-6-10)18-13(20)11-8-24-14(19-11)12-2-1-7-23-12/h1-8,15H,(H,18,20). The monoisotopic (exact) mass is 400 g/mol. The highest BCUT2D eigenvalue weighted by Gasteiger charge is 2.26. The van der Waals surface area contributed by atoms with Gasteiger partial charge in [-0.05, 0) is 35.7 Å². The third kappa shape index (κ3) is 3.75. The number of aromatic nitrogens is 1. The van der Waals surface area contributed by atoms with Crippen LogP contribution in [0.5, 0.6) is 0 Å². The number of anilines is 1. The molecule has 130 valence electrons. The van der Waals surface area contributed by atoms with E-state index in [1.807, 2.05) is 17.5 Å². The normalized spacial score (nSPS) is 11.6. The number of rotatable bonds is 5. The van der Waals surface area contributed by atoms with Crippen LogP contribution >= 0.6 is 22.7 Å². The smallest absolute Gasteiger partial charge is 0.321 e. The third-order valence-electron chi connectivity index (χ3n) is 3.14. The fourth-order valence-electron chi connectivity index (χ4n) is 1.92. The van der Waals surface area contributed by atoms with Gasteiger partial charge in [-0.25, -0.2) is 13.4 Å². The van der Waals surface area contributed by atoms with E-state index in [0.29, 0.717) is 0 Å². The van der Waals surface area contributed by atoms with Crippen molar-refractivity contribution in [3.63, 3.8) is 0 Å². The van der Waals surface area contributed by atoms with E-state index in [9.17, 15) is 22.0 Å². The van der Waals surface area contributed by atoms with E-state index in [1.54, 1.807) is 5.38 Å². The molecule has 0 bridgehead atoms. The second-order valence-corrected chi connectivity index (χ2v) is 8.52. The Morgan fingerprint density at radius 2 is 1.84 bits per heavy atom. The number of halogens is 2. The van der Waals surface area contributed by atoms with E-state index in [0.717, 1.165) is 22.0 Å². The number of carbonyl (C=O) groups is 1. The summed E-state index contributed by atoms with van der Waals surface area (Å²) in [4.78, 5) is 16.9. The van der Waals surface area contributed by atoms with E-state index in [4.69, 9.17) is 0 Å². The zero-order chi connectivity index (χ0) is 18.0. The predicted octanol–water partition coefficient (Wildman–Crippen LogP) is 4.12. The van der Waals surface area contributed by atoms with Gasteiger partial charge in [0.25, 0.3) is 5.91 Å². The van der Waals surface area contributed by atoms with Gasteiger partial charge in [0.05, 0.1) is 9.77 Å². The van der Waals surface area contributed by atoms with Crippen LogP contribution in [0.15, 0.2) is 52.1 Å². The number of hydrogen-bond donors (Lipinski definition) is 1. The molecule has 0 aliphatic heterocycles. The maximum atomic E-state index is 12.5. The second-order valence-electron chi connectivity index (χ2n) is 4.80. The van der Waals surface area contributed by atoms with Crippen LogP contribution in [0.1, 0.15) is 10.5 Å². The number of alkyl halides is 2. The van der Waals surface area contributed by atoms with E-state index in [2.05, 4.69) is 10.3 Å². The first-order valence-electron chi connectivity index (χ1n) is 6.81. The summed E-state index contributed by atoms with van der Waals surface area (Å²) in [6.07, 6.45) is 0. The molecule has 0 aliphatic rings. The average molecular weight is 400 g/mol. The highest BCUT2D eigenvalue weighted by molar-refractivity contribution is 7.91. The molecule has 0 fully saturated rings. The lowest BCUT2D eigenvalue weighted by Gasteiger charge is -2.06. The number of benzene rings is 1. The molecule has 0 atom stereocenters. The Morgan fingerprint density at radius 3 is 2.44 bits per heavy atom. The van der Waals surface area contributed by atoms with Gasteiger partial charge in [0.15, 0.2) is 0 Å². The molecule has 1 amide bonds. The summed E-state index contributed by atoms with van der Waals surface area (Å²) >= 11 is 2.84. The van der Waals surface area contributed by atoms with E-state index < -0.39 is 26.4 Å². The van der Waals surface area contributed by atoms with Gasteiger partial charge in [-0.2, -0.15) is 8.78 Å². The van der Waals surface area contributed by atoms with Crippen LogP contribution in [0.4, 0.5) is 14.5 Å². The molecule has 3 rings (SSSR count). The molecule has 5 nitrogen and oxygen atoms in total. The zero-order valence-electron chi connectivity index (χ0n) is 12.3. The zero-order valence-corrected chi connectivity index (χ0v) is 14.8. The van der Waals surface area contributed by atoms with Gasteiger partial charge >= 0.3 is 5.76 Å². The molecule has 1 aromatic carbocycles. The summed E-state index contributed by atoms with van der Waals surface area (Å²) in [5.41, 5.74) is 0.501. The second kappa shape index (κ2) is 6.98. The quantitative estimate of drug-likeness (QED) is 0.699. The van der Waals surface area contributed by atoms with Gasteiger partial charge in [0.2, 0.25) is 9.84 Å². The fraction of sp³-hybridized carbons (Fsp3) is 0.0667. The Morgan fingerprint density at radius 1 is 1.12 bits per heavy atom. The molecule has 2 heterocycles. The van der Waals surface area contributed by atoms with Gasteiger partial charge in [-0.15, -0.1) is 22.7 Å². The maximum Gasteiger partial charge on any atom is 0.341 e. The Bertz CT molecular complexity index is 981. The van der Waals surface area contributed by atoms with Crippen LogP contribution in [0.3, 0.4) is 0 Å². The number of nitrogens with zero attached hydrogens (tertiary/aromatic N) is 1. The molecule has 10 heteroatoms. The van der Waals surface area contributed by atoms with Crippen LogP contribution in [-0.4, -0.2) is 25.1 Å². The molecule has 0 radical (unpaired) electrons. The van der Waals surface area contributed by atoms with Gasteiger partial charge in [0, 0.05) is 11.1 Å². The highest BCUT2D eigenvalue weighted by atomic mass is 32.2. The number of thiophene rings is 1. The third-order valence-corrected chi connectivity index (χ3v) is 6.42. The van der Waals surface area contributed by atoms with Gasteiger partial charge in [-0.3, -0.25) is 4.79 Å². The van der Waals surface area contributed by atoms with Crippen molar-refractivity contribution in [3.8, 4) is 9.88 Å². The summed E-state index contributed by atoms with van der Waals surface area (Å²) in [5.74, 6) is -3.96. The lowest BCUT2D eigenvalue weighted by molar-refractivity contribution is 0.102. The van der Waals surface area contributed by atoms with E-state index in [1.165, 1.54) is 34.8 Å². The van der Waals surface area contributed by atoms with Crippen LogP contribution in [-0.2, 0) is 9.84 Å². The fourth-order valence-corrected chi connectivity index (χ4v) is 4.25. The molecule has 25 heavy (non-hydrogen) atoms. The minimum Gasteiger partial charge on any atom is -0.321 e. The van der Waals surface area contributed by atoms with Crippen molar-refractivity contribution >= 4 is 44.1 Å². The number of amides is 1. The number of thiazole rings is 1. The highest BCUT2D eigenvalue weighted by Crippen LogP contribution is 2.28. The molecule has 0 unspecified atom stereocenters. The van der Waals surface area contributed by atoms with Crippen molar-refractivity contribution in [2.75, 3.05) is 5.32 Å². The lowest BCUT2D eigenvalue weighted by Crippen LogP contribution is -2.13. The maximum absolute atomic E-state index is 12.5. The number of hydrogen-bond acceptors (Lipinski definition) is 6. The predicted molar refractivity (Wildman–Crippen MR) is 93.0 cm³/mol. The summed E-state index contributed by atoms with van der Waals surface area (Å²) < 4.78 is 47.7. The van der Waals surface area contributed by atoms with Gasteiger partial charge in [-0.1, -0.05) is 6.07 Å². The number of nitrogens with one attached hydrogen (secondary N) is 1. The first-order valence-corrected chi connectivity index (χ1v) is 10.1. The van der Waals surface area contributed by atoms with Crippen molar-refractivity contribution in [1.82, 2.24) is 4.98 Å². The first kappa shape index (κ1) is 17.6. The largest absolute Gasteiger partial charge is 0.341 e. The minimum atomic E-state index is -4.65. The van der Waals surface area contributed by atoms with Crippen LogP contribution in [0.25, 0.3) is 9.88 Å². The van der Waals surface area contributed by atoms with Crippen molar-refractivity contribution in [2.45, 2.75) is 10.7 Å². The summed E-state index contributed by atoms with van der Waals surface area (Å²) in [5, 5.41) is 6.79. The number of carbonyl (C=O) groups excluding carboxylic acids is 1. The first-order chi connectivity index (χ1) is 11.9. The Hall–Kier alpha value is -2.17. The Balaban J connectivity index is 1.73. The van der Waals surface area contributed by atoms with Crippen LogP contribution < -0.4 is 5.32 Å². The molecular weight excluding hydrogens is 390 g/mol. The summed E-state index contributed by atoms with van der Waals surface area (Å²) in [6.45, 7) is 0. The molecule has 3 aromatic rings. The average Bonchev–Trinajstić information content (AvgIpc) is 3.26. The number of sulfone groups is 1.